The van der Waals surface area contributed by atoms with Gasteiger partial charge in [0.25, 0.3) is 0 Å². The highest BCUT2D eigenvalue weighted by molar-refractivity contribution is 5.66. The van der Waals surface area contributed by atoms with Crippen LogP contribution in [-0.4, -0.2) is 21.4 Å². The van der Waals surface area contributed by atoms with Crippen LogP contribution >= 0.6 is 0 Å². The van der Waals surface area contributed by atoms with E-state index in [0.29, 0.717) is 6.54 Å². The number of hydrogen-bond donors (Lipinski definition) is 2. The summed E-state index contributed by atoms with van der Waals surface area (Å²) >= 11 is 0. The molecule has 0 amide bonds. The van der Waals surface area contributed by atoms with E-state index in [2.05, 4.69) is 5.10 Å². The summed E-state index contributed by atoms with van der Waals surface area (Å²) in [5.74, 6) is 0.279. The van der Waals surface area contributed by atoms with Gasteiger partial charge >= 0.3 is 0 Å². The Kier molecular flexibility index (Phi) is 3.44. The third-order valence-electron chi connectivity index (χ3n) is 2.86. The Labute approximate surface area is 101 Å². The Morgan fingerprint density at radius 2 is 2.00 bits per heavy atom. The summed E-state index contributed by atoms with van der Waals surface area (Å²) in [6.07, 6.45) is 3.73. The molecule has 0 fully saturated rings. The fourth-order valence-corrected chi connectivity index (χ4v) is 1.91. The molecule has 0 aliphatic rings. The van der Waals surface area contributed by atoms with Crippen LogP contribution in [-0.2, 0) is 13.5 Å². The van der Waals surface area contributed by atoms with Crippen molar-refractivity contribution in [2.24, 2.45) is 12.8 Å². The summed E-state index contributed by atoms with van der Waals surface area (Å²) in [6.45, 7) is 0.681. The van der Waals surface area contributed by atoms with E-state index in [-0.39, 0.29) is 5.75 Å². The molecule has 1 heterocycles. The lowest BCUT2D eigenvalue weighted by atomic mass is 10.0. The number of nitrogens with zero attached hydrogens (tertiary/aromatic N) is 2. The highest BCUT2D eigenvalue weighted by Gasteiger charge is 2.09. The van der Waals surface area contributed by atoms with Crippen molar-refractivity contribution in [2.45, 2.75) is 12.8 Å². The van der Waals surface area contributed by atoms with Crippen LogP contribution in [0.15, 0.2) is 30.5 Å². The van der Waals surface area contributed by atoms with Gasteiger partial charge < -0.3 is 10.8 Å². The van der Waals surface area contributed by atoms with Crippen LogP contribution in [0.4, 0.5) is 0 Å². The predicted octanol–water partition coefficient (Wildman–Crippen LogP) is 1.68. The number of rotatable bonds is 4. The molecule has 1 aromatic carbocycles. The summed E-state index contributed by atoms with van der Waals surface area (Å²) in [7, 11) is 1.94. The Morgan fingerprint density at radius 3 is 2.65 bits per heavy atom. The maximum atomic E-state index is 9.28. The molecule has 0 bridgehead atoms. The average molecular weight is 231 g/mol. The quantitative estimate of drug-likeness (QED) is 0.841. The van der Waals surface area contributed by atoms with Crippen molar-refractivity contribution in [3.8, 4) is 16.9 Å². The molecule has 0 radical (unpaired) electrons. The van der Waals surface area contributed by atoms with E-state index in [9.17, 15) is 5.11 Å². The van der Waals surface area contributed by atoms with Gasteiger partial charge in [0.15, 0.2) is 0 Å². The summed E-state index contributed by atoms with van der Waals surface area (Å²) in [6, 6.07) is 7.18. The zero-order valence-electron chi connectivity index (χ0n) is 9.93. The summed E-state index contributed by atoms with van der Waals surface area (Å²) < 4.78 is 1.89. The van der Waals surface area contributed by atoms with Gasteiger partial charge in [0.2, 0.25) is 0 Å². The van der Waals surface area contributed by atoms with Crippen LogP contribution < -0.4 is 5.73 Å². The summed E-state index contributed by atoms with van der Waals surface area (Å²) in [4.78, 5) is 0. The van der Waals surface area contributed by atoms with Crippen molar-refractivity contribution in [1.82, 2.24) is 9.78 Å². The number of nitrogens with two attached hydrogens (primary N) is 1. The first-order valence-electron chi connectivity index (χ1n) is 5.72. The first kappa shape index (κ1) is 11.7. The Balaban J connectivity index is 2.34. The average Bonchev–Trinajstić information content (AvgIpc) is 2.69. The highest BCUT2D eigenvalue weighted by Crippen LogP contribution is 2.25. The van der Waals surface area contributed by atoms with Crippen molar-refractivity contribution < 1.29 is 5.11 Å². The summed E-state index contributed by atoms with van der Waals surface area (Å²) in [5.41, 5.74) is 8.91. The van der Waals surface area contributed by atoms with E-state index in [1.165, 1.54) is 5.69 Å². The number of phenolic OH excluding ortho intramolecular Hbond substituents is 1. The monoisotopic (exact) mass is 231 g/mol. The summed E-state index contributed by atoms with van der Waals surface area (Å²) in [5, 5.41) is 13.6. The second kappa shape index (κ2) is 5.01. The second-order valence-electron chi connectivity index (χ2n) is 4.07. The lowest BCUT2D eigenvalue weighted by Crippen LogP contribution is -2.05. The number of aromatic hydroxyl groups is 1. The number of aromatic nitrogens is 2. The van der Waals surface area contributed by atoms with Gasteiger partial charge in [-0.2, -0.15) is 5.10 Å². The van der Waals surface area contributed by atoms with E-state index in [4.69, 9.17) is 5.73 Å². The molecular formula is C13H17N3O. The topological polar surface area (TPSA) is 64.1 Å². The van der Waals surface area contributed by atoms with E-state index >= 15 is 0 Å². The molecule has 0 saturated carbocycles. The van der Waals surface area contributed by atoms with Crippen LogP contribution in [0.2, 0.25) is 0 Å². The van der Waals surface area contributed by atoms with Gasteiger partial charge in [0.05, 0.1) is 6.20 Å². The first-order valence-corrected chi connectivity index (χ1v) is 5.72. The van der Waals surface area contributed by atoms with Crippen LogP contribution in [0.1, 0.15) is 12.1 Å². The van der Waals surface area contributed by atoms with Crippen LogP contribution in [0, 0.1) is 0 Å². The van der Waals surface area contributed by atoms with E-state index in [1.54, 1.807) is 12.1 Å². The minimum absolute atomic E-state index is 0.279. The smallest absolute Gasteiger partial charge is 0.115 e. The third-order valence-corrected chi connectivity index (χ3v) is 2.86. The Morgan fingerprint density at radius 1 is 1.29 bits per heavy atom. The molecule has 0 spiro atoms. The van der Waals surface area contributed by atoms with E-state index < -0.39 is 0 Å². The van der Waals surface area contributed by atoms with Gasteiger partial charge in [-0.1, -0.05) is 12.1 Å². The molecule has 4 nitrogen and oxygen atoms in total. The molecule has 0 unspecified atom stereocenters. The standard InChI is InChI=1S/C13H17N3O/c1-16-13(3-2-8-14)12(9-15-16)10-4-6-11(17)7-5-10/h4-7,9,17H,2-3,8,14H2,1H3. The Hall–Kier alpha value is -1.81. The van der Waals surface area contributed by atoms with Crippen LogP contribution in [0.3, 0.4) is 0 Å². The maximum Gasteiger partial charge on any atom is 0.115 e. The Bertz CT molecular complexity index is 488. The van der Waals surface area contributed by atoms with Gasteiger partial charge in [-0.15, -0.1) is 0 Å². The fourth-order valence-electron chi connectivity index (χ4n) is 1.91. The third kappa shape index (κ3) is 2.47. The molecule has 2 rings (SSSR count). The number of phenols is 1. The predicted molar refractivity (Wildman–Crippen MR) is 67.7 cm³/mol. The van der Waals surface area contributed by atoms with E-state index in [0.717, 1.165) is 24.0 Å². The van der Waals surface area contributed by atoms with Crippen molar-refractivity contribution in [3.05, 3.63) is 36.2 Å². The van der Waals surface area contributed by atoms with Gasteiger partial charge in [0, 0.05) is 18.3 Å². The van der Waals surface area contributed by atoms with Gasteiger partial charge in [-0.25, -0.2) is 0 Å². The zero-order chi connectivity index (χ0) is 12.3. The molecule has 0 atom stereocenters. The van der Waals surface area contributed by atoms with Gasteiger partial charge in [-0.05, 0) is 37.1 Å². The largest absolute Gasteiger partial charge is 0.508 e. The van der Waals surface area contributed by atoms with Gasteiger partial charge in [0.1, 0.15) is 5.75 Å². The van der Waals surface area contributed by atoms with Crippen molar-refractivity contribution in [2.75, 3.05) is 6.54 Å². The molecule has 3 N–H and O–H groups in total. The minimum Gasteiger partial charge on any atom is -0.508 e. The normalized spacial score (nSPS) is 10.7. The molecule has 0 aliphatic carbocycles. The molecule has 1 aromatic heterocycles. The number of benzene rings is 1. The van der Waals surface area contributed by atoms with Crippen molar-refractivity contribution in [3.63, 3.8) is 0 Å². The van der Waals surface area contributed by atoms with Crippen molar-refractivity contribution in [1.29, 1.82) is 0 Å². The molecule has 0 saturated heterocycles. The first-order chi connectivity index (χ1) is 8.22. The maximum absolute atomic E-state index is 9.28. The van der Waals surface area contributed by atoms with E-state index in [1.807, 2.05) is 30.1 Å². The minimum atomic E-state index is 0.279. The molecule has 17 heavy (non-hydrogen) atoms. The lowest BCUT2D eigenvalue weighted by Gasteiger charge is -2.05. The zero-order valence-corrected chi connectivity index (χ0v) is 9.93. The number of aryl methyl sites for hydroxylation is 1. The van der Waals surface area contributed by atoms with Crippen LogP contribution in [0.25, 0.3) is 11.1 Å². The highest BCUT2D eigenvalue weighted by atomic mass is 16.3. The second-order valence-corrected chi connectivity index (χ2v) is 4.07. The number of hydrogen-bond acceptors (Lipinski definition) is 3. The lowest BCUT2D eigenvalue weighted by molar-refractivity contribution is 0.475. The molecule has 2 aromatic rings. The molecule has 90 valence electrons. The molecule has 4 heteroatoms. The van der Waals surface area contributed by atoms with Crippen molar-refractivity contribution >= 4 is 0 Å². The SMILES string of the molecule is Cn1ncc(-c2ccc(O)cc2)c1CCCN. The van der Waals surface area contributed by atoms with Crippen LogP contribution in [0.5, 0.6) is 5.75 Å². The fraction of sp³-hybridized carbons (Fsp3) is 0.308. The molecular weight excluding hydrogens is 214 g/mol. The van der Waals surface area contributed by atoms with Gasteiger partial charge in [-0.3, -0.25) is 4.68 Å². The molecule has 0 aliphatic heterocycles.